The highest BCUT2D eigenvalue weighted by Gasteiger charge is 2.05. The van der Waals surface area contributed by atoms with Crippen molar-refractivity contribution in [3.8, 4) is 0 Å². The van der Waals surface area contributed by atoms with Gasteiger partial charge in [0.15, 0.2) is 0 Å². The van der Waals surface area contributed by atoms with Crippen LogP contribution >= 0.6 is 0 Å². The summed E-state index contributed by atoms with van der Waals surface area (Å²) in [6.07, 6.45) is 0. The molecule has 114 valence electrons. The third-order valence-corrected chi connectivity index (χ3v) is 2.79. The predicted octanol–water partition coefficient (Wildman–Crippen LogP) is 4.00. The van der Waals surface area contributed by atoms with Crippen LogP contribution in [0.1, 0.15) is 13.8 Å². The first-order chi connectivity index (χ1) is 10.3. The molecule has 0 unspecified atom stereocenters. The van der Waals surface area contributed by atoms with Crippen LogP contribution < -0.4 is 5.32 Å². The van der Waals surface area contributed by atoms with Crippen LogP contribution in [-0.4, -0.2) is 17.0 Å². The van der Waals surface area contributed by atoms with Gasteiger partial charge in [-0.3, -0.25) is 4.79 Å². The molecule has 0 aromatic heterocycles. The number of hydrogen-bond donors (Lipinski definition) is 2. The zero-order valence-corrected chi connectivity index (χ0v) is 12.7. The summed E-state index contributed by atoms with van der Waals surface area (Å²) in [4.78, 5) is 21.1. The number of fused-ring (bicyclic) bond motifs is 1. The summed E-state index contributed by atoms with van der Waals surface area (Å²) in [6.45, 7) is 9.92. The number of carboxylic acids is 1. The fourth-order valence-electron chi connectivity index (χ4n) is 1.56. The summed E-state index contributed by atoms with van der Waals surface area (Å²) in [5.41, 5.74) is 1.51. The summed E-state index contributed by atoms with van der Waals surface area (Å²) >= 11 is 0. The standard InChI is InChI=1S/C14H13NO.C4H6O2/c1-10(2)14(16)15-13-9-5-7-11-6-3-4-8-12(11)13;1-3(2)4(5)6/h3-9H,1H2,2H3,(H,15,16);1H2,2H3,(H,5,6). The van der Waals surface area contributed by atoms with E-state index in [0.717, 1.165) is 16.5 Å². The Kier molecular flexibility index (Phi) is 6.08. The molecule has 0 heterocycles. The monoisotopic (exact) mass is 297 g/mol. The van der Waals surface area contributed by atoms with Gasteiger partial charge in [0.25, 0.3) is 5.91 Å². The van der Waals surface area contributed by atoms with E-state index < -0.39 is 5.97 Å². The maximum atomic E-state index is 11.5. The van der Waals surface area contributed by atoms with Crippen molar-refractivity contribution in [2.24, 2.45) is 0 Å². The molecule has 0 spiro atoms. The molecule has 0 fully saturated rings. The minimum atomic E-state index is -0.935. The van der Waals surface area contributed by atoms with Crippen molar-refractivity contribution in [3.05, 3.63) is 66.8 Å². The van der Waals surface area contributed by atoms with E-state index in [4.69, 9.17) is 5.11 Å². The topological polar surface area (TPSA) is 66.4 Å². The van der Waals surface area contributed by atoms with Gasteiger partial charge in [0.2, 0.25) is 0 Å². The number of amides is 1. The number of aliphatic carboxylic acids is 1. The first-order valence-corrected chi connectivity index (χ1v) is 6.66. The minimum absolute atomic E-state index is 0.142. The van der Waals surface area contributed by atoms with Gasteiger partial charge in [0.05, 0.1) is 0 Å². The maximum absolute atomic E-state index is 11.5. The Hall–Kier alpha value is -2.88. The van der Waals surface area contributed by atoms with Crippen LogP contribution in [0, 0.1) is 0 Å². The van der Waals surface area contributed by atoms with Crippen molar-refractivity contribution >= 4 is 28.3 Å². The zero-order chi connectivity index (χ0) is 16.7. The lowest BCUT2D eigenvalue weighted by atomic mass is 10.1. The molecule has 0 saturated heterocycles. The highest BCUT2D eigenvalue weighted by molar-refractivity contribution is 6.08. The largest absolute Gasteiger partial charge is 0.478 e. The number of hydrogen-bond acceptors (Lipinski definition) is 2. The molecule has 0 aliphatic carbocycles. The summed E-state index contributed by atoms with van der Waals surface area (Å²) < 4.78 is 0. The van der Waals surface area contributed by atoms with E-state index in [1.165, 1.54) is 6.92 Å². The van der Waals surface area contributed by atoms with E-state index in [-0.39, 0.29) is 11.5 Å². The molecule has 22 heavy (non-hydrogen) atoms. The van der Waals surface area contributed by atoms with Crippen LogP contribution in [0.25, 0.3) is 10.8 Å². The van der Waals surface area contributed by atoms with E-state index in [1.54, 1.807) is 6.92 Å². The fraction of sp³-hybridized carbons (Fsp3) is 0.111. The first-order valence-electron chi connectivity index (χ1n) is 6.66. The second-order valence-corrected chi connectivity index (χ2v) is 4.85. The number of anilines is 1. The van der Waals surface area contributed by atoms with E-state index in [9.17, 15) is 9.59 Å². The lowest BCUT2D eigenvalue weighted by molar-refractivity contribution is -0.132. The number of nitrogens with one attached hydrogen (secondary N) is 1. The molecule has 2 N–H and O–H groups in total. The second kappa shape index (κ2) is 7.78. The smallest absolute Gasteiger partial charge is 0.330 e. The van der Waals surface area contributed by atoms with Crippen molar-refractivity contribution in [1.82, 2.24) is 0 Å². The second-order valence-electron chi connectivity index (χ2n) is 4.85. The molecule has 2 aromatic carbocycles. The number of rotatable bonds is 3. The summed E-state index contributed by atoms with van der Waals surface area (Å²) in [5, 5.41) is 12.9. The van der Waals surface area contributed by atoms with Crippen LogP contribution in [-0.2, 0) is 9.59 Å². The van der Waals surface area contributed by atoms with Gasteiger partial charge >= 0.3 is 5.97 Å². The average Bonchev–Trinajstić information content (AvgIpc) is 2.48. The molecule has 0 saturated carbocycles. The molecule has 0 aliphatic heterocycles. The third-order valence-electron chi connectivity index (χ3n) is 2.79. The van der Waals surface area contributed by atoms with Gasteiger partial charge < -0.3 is 10.4 Å². The van der Waals surface area contributed by atoms with Gasteiger partial charge in [0, 0.05) is 22.2 Å². The van der Waals surface area contributed by atoms with Gasteiger partial charge in [0.1, 0.15) is 0 Å². The molecule has 2 rings (SSSR count). The Morgan fingerprint density at radius 2 is 1.50 bits per heavy atom. The van der Waals surface area contributed by atoms with Crippen molar-refractivity contribution in [3.63, 3.8) is 0 Å². The van der Waals surface area contributed by atoms with E-state index >= 15 is 0 Å². The number of carbonyl (C=O) groups is 2. The molecular weight excluding hydrogens is 278 g/mol. The van der Waals surface area contributed by atoms with Crippen molar-refractivity contribution < 1.29 is 14.7 Å². The zero-order valence-electron chi connectivity index (χ0n) is 12.7. The van der Waals surface area contributed by atoms with Crippen LogP contribution in [0.2, 0.25) is 0 Å². The fourth-order valence-corrected chi connectivity index (χ4v) is 1.56. The Balaban J connectivity index is 0.000000346. The number of benzene rings is 2. The minimum Gasteiger partial charge on any atom is -0.478 e. The predicted molar refractivity (Wildman–Crippen MR) is 89.8 cm³/mol. The van der Waals surface area contributed by atoms with Crippen LogP contribution in [0.4, 0.5) is 5.69 Å². The molecule has 4 nitrogen and oxygen atoms in total. The van der Waals surface area contributed by atoms with Gasteiger partial charge in [-0.05, 0) is 25.3 Å². The van der Waals surface area contributed by atoms with Crippen molar-refractivity contribution in [2.45, 2.75) is 13.8 Å². The van der Waals surface area contributed by atoms with E-state index in [2.05, 4.69) is 18.5 Å². The molecular formula is C18H19NO3. The van der Waals surface area contributed by atoms with Gasteiger partial charge in [-0.25, -0.2) is 4.79 Å². The van der Waals surface area contributed by atoms with E-state index in [0.29, 0.717) is 5.57 Å². The molecule has 4 heteroatoms. The number of carboxylic acid groups (broad SMARTS) is 1. The molecule has 0 atom stereocenters. The Labute approximate surface area is 129 Å². The Morgan fingerprint density at radius 1 is 0.955 bits per heavy atom. The van der Waals surface area contributed by atoms with Gasteiger partial charge in [-0.1, -0.05) is 49.6 Å². The average molecular weight is 297 g/mol. The Bertz CT molecular complexity index is 715. The lowest BCUT2D eigenvalue weighted by Gasteiger charge is -2.08. The van der Waals surface area contributed by atoms with Gasteiger partial charge in [-0.2, -0.15) is 0 Å². The third kappa shape index (κ3) is 4.90. The Morgan fingerprint density at radius 3 is 2.05 bits per heavy atom. The summed E-state index contributed by atoms with van der Waals surface area (Å²) in [5.74, 6) is -1.08. The summed E-state index contributed by atoms with van der Waals surface area (Å²) in [6, 6.07) is 13.8. The molecule has 0 aliphatic rings. The van der Waals surface area contributed by atoms with Crippen molar-refractivity contribution in [1.29, 1.82) is 0 Å². The van der Waals surface area contributed by atoms with Crippen LogP contribution in [0.3, 0.4) is 0 Å². The molecule has 1 amide bonds. The SMILES string of the molecule is C=C(C)C(=O)Nc1cccc2ccccc12.C=C(C)C(=O)O. The molecule has 0 radical (unpaired) electrons. The lowest BCUT2D eigenvalue weighted by Crippen LogP contribution is -2.11. The quantitative estimate of drug-likeness (QED) is 0.841. The van der Waals surface area contributed by atoms with Crippen molar-refractivity contribution in [2.75, 3.05) is 5.32 Å². The maximum Gasteiger partial charge on any atom is 0.330 e. The normalized spacial score (nSPS) is 9.36. The van der Waals surface area contributed by atoms with Crippen LogP contribution in [0.15, 0.2) is 66.8 Å². The number of carbonyl (C=O) groups excluding carboxylic acids is 1. The van der Waals surface area contributed by atoms with Crippen LogP contribution in [0.5, 0.6) is 0 Å². The van der Waals surface area contributed by atoms with Gasteiger partial charge in [-0.15, -0.1) is 0 Å². The first kappa shape index (κ1) is 17.2. The molecule has 0 bridgehead atoms. The van der Waals surface area contributed by atoms with E-state index in [1.807, 2.05) is 42.5 Å². The molecule has 2 aromatic rings. The highest BCUT2D eigenvalue weighted by atomic mass is 16.4. The summed E-state index contributed by atoms with van der Waals surface area (Å²) in [7, 11) is 0. The highest BCUT2D eigenvalue weighted by Crippen LogP contribution is 2.23.